The molecule has 0 saturated heterocycles. The highest BCUT2D eigenvalue weighted by Gasteiger charge is 2.32. The van der Waals surface area contributed by atoms with Crippen molar-refractivity contribution in [2.75, 3.05) is 0 Å². The summed E-state index contributed by atoms with van der Waals surface area (Å²) in [7, 11) is 4.42. The predicted molar refractivity (Wildman–Crippen MR) is 123 cm³/mol. The minimum atomic E-state index is 1.17. The van der Waals surface area contributed by atoms with Crippen LogP contribution in [0.5, 0.6) is 0 Å². The smallest absolute Gasteiger partial charge is 0.196 e. The van der Waals surface area contributed by atoms with Crippen LogP contribution >= 0.6 is 0 Å². The summed E-state index contributed by atoms with van der Waals surface area (Å²) in [5.41, 5.74) is 11.1. The topological polar surface area (TPSA) is 7.76 Å². The van der Waals surface area contributed by atoms with Crippen LogP contribution in [0.3, 0.4) is 0 Å². The van der Waals surface area contributed by atoms with Gasteiger partial charge in [-0.1, -0.05) is 36.4 Å². The molecule has 0 unspecified atom stereocenters. The molecule has 1 aliphatic carbocycles. The minimum absolute atomic E-state index is 1.17. The SMILES string of the molecule is Cc1cc[n+](C)c(-c2c3c(cc(-c4c(C)ccc5ccccc45)[n+]2C)CCCC3)c1. The van der Waals surface area contributed by atoms with Gasteiger partial charge in [-0.2, -0.15) is 9.13 Å². The van der Waals surface area contributed by atoms with Crippen molar-refractivity contribution < 1.29 is 9.13 Å². The first kappa shape index (κ1) is 19.0. The average molecular weight is 395 g/mol. The van der Waals surface area contributed by atoms with E-state index in [0.29, 0.717) is 0 Å². The molecule has 0 N–H and O–H groups in total. The lowest BCUT2D eigenvalue weighted by molar-refractivity contribution is -0.685. The summed E-state index contributed by atoms with van der Waals surface area (Å²) in [6, 6.07) is 20.3. The first-order chi connectivity index (χ1) is 14.5. The highest BCUT2D eigenvalue weighted by atomic mass is 15.0. The second kappa shape index (κ2) is 7.36. The van der Waals surface area contributed by atoms with Crippen LogP contribution < -0.4 is 9.13 Å². The second-order valence-corrected chi connectivity index (χ2v) is 8.83. The van der Waals surface area contributed by atoms with E-state index in [9.17, 15) is 0 Å². The lowest BCUT2D eigenvalue weighted by Crippen LogP contribution is -2.42. The van der Waals surface area contributed by atoms with Gasteiger partial charge in [-0.25, -0.2) is 0 Å². The molecule has 5 rings (SSSR count). The number of hydrogen-bond donors (Lipinski definition) is 0. The highest BCUT2D eigenvalue weighted by molar-refractivity contribution is 5.97. The van der Waals surface area contributed by atoms with Crippen LogP contribution in [0.25, 0.3) is 33.4 Å². The Morgan fingerprint density at radius 2 is 1.60 bits per heavy atom. The first-order valence-electron chi connectivity index (χ1n) is 11.0. The summed E-state index contributed by atoms with van der Waals surface area (Å²) in [6.07, 6.45) is 7.10. The van der Waals surface area contributed by atoms with Gasteiger partial charge in [0, 0.05) is 23.8 Å². The van der Waals surface area contributed by atoms with Crippen LogP contribution in [0.1, 0.15) is 35.1 Å². The number of hydrogen-bond acceptors (Lipinski definition) is 0. The van der Waals surface area contributed by atoms with Crippen LogP contribution in [0.15, 0.2) is 60.8 Å². The molecule has 2 heteroatoms. The van der Waals surface area contributed by atoms with Gasteiger partial charge in [-0.15, -0.1) is 0 Å². The summed E-state index contributed by atoms with van der Waals surface area (Å²) < 4.78 is 4.73. The molecule has 30 heavy (non-hydrogen) atoms. The number of aromatic nitrogens is 2. The van der Waals surface area contributed by atoms with Gasteiger partial charge in [0.1, 0.15) is 14.1 Å². The zero-order valence-corrected chi connectivity index (χ0v) is 18.5. The van der Waals surface area contributed by atoms with Gasteiger partial charge in [0.15, 0.2) is 6.20 Å². The molecule has 0 bridgehead atoms. The Labute approximate surface area is 179 Å². The van der Waals surface area contributed by atoms with E-state index >= 15 is 0 Å². The fraction of sp³-hybridized carbons (Fsp3) is 0.286. The molecule has 0 spiro atoms. The number of pyridine rings is 2. The van der Waals surface area contributed by atoms with Crippen molar-refractivity contribution in [3.63, 3.8) is 0 Å². The van der Waals surface area contributed by atoms with Crippen molar-refractivity contribution in [2.24, 2.45) is 14.1 Å². The van der Waals surface area contributed by atoms with E-state index in [0.717, 1.165) is 0 Å². The van der Waals surface area contributed by atoms with Crippen molar-refractivity contribution in [3.8, 4) is 22.6 Å². The third-order valence-electron chi connectivity index (χ3n) is 6.75. The molecule has 2 aromatic carbocycles. The quantitative estimate of drug-likeness (QED) is 0.407. The lowest BCUT2D eigenvalue weighted by atomic mass is 9.87. The molecule has 2 aromatic heterocycles. The first-order valence-corrected chi connectivity index (χ1v) is 11.0. The number of nitrogens with zero attached hydrogens (tertiary/aromatic N) is 2. The zero-order valence-electron chi connectivity index (χ0n) is 18.5. The van der Waals surface area contributed by atoms with Crippen molar-refractivity contribution in [2.45, 2.75) is 39.5 Å². The Morgan fingerprint density at radius 1 is 0.800 bits per heavy atom. The van der Waals surface area contributed by atoms with E-state index in [1.807, 2.05) is 0 Å². The molecule has 2 heterocycles. The molecule has 1 aliphatic rings. The molecule has 150 valence electrons. The molecule has 0 amide bonds. The van der Waals surface area contributed by atoms with E-state index in [-0.39, 0.29) is 0 Å². The summed E-state index contributed by atoms with van der Waals surface area (Å²) >= 11 is 0. The largest absolute Gasteiger partial charge is 0.281 e. The number of aryl methyl sites for hydroxylation is 4. The summed E-state index contributed by atoms with van der Waals surface area (Å²) in [6.45, 7) is 4.43. The normalized spacial score (nSPS) is 13.5. The Morgan fingerprint density at radius 3 is 2.47 bits per heavy atom. The highest BCUT2D eigenvalue weighted by Crippen LogP contribution is 2.35. The van der Waals surface area contributed by atoms with E-state index in [4.69, 9.17) is 0 Å². The molecule has 0 saturated carbocycles. The van der Waals surface area contributed by atoms with Gasteiger partial charge in [-0.05, 0) is 67.0 Å². The molecule has 0 radical (unpaired) electrons. The second-order valence-electron chi connectivity index (χ2n) is 8.83. The number of benzene rings is 2. The van der Waals surface area contributed by atoms with Crippen molar-refractivity contribution in [3.05, 3.63) is 83.0 Å². The van der Waals surface area contributed by atoms with Crippen LogP contribution in [0.4, 0.5) is 0 Å². The molecule has 4 aromatic rings. The summed E-state index contributed by atoms with van der Waals surface area (Å²) in [4.78, 5) is 0. The maximum atomic E-state index is 2.47. The van der Waals surface area contributed by atoms with E-state index in [1.165, 1.54) is 81.4 Å². The van der Waals surface area contributed by atoms with Crippen molar-refractivity contribution in [1.29, 1.82) is 0 Å². The predicted octanol–water partition coefficient (Wildman–Crippen LogP) is 5.32. The maximum Gasteiger partial charge on any atom is 0.281 e. The van der Waals surface area contributed by atoms with Gasteiger partial charge < -0.3 is 0 Å². The maximum absolute atomic E-state index is 2.47. The Bertz CT molecular complexity index is 1280. The van der Waals surface area contributed by atoms with E-state index in [1.54, 1.807) is 0 Å². The van der Waals surface area contributed by atoms with Crippen molar-refractivity contribution >= 4 is 10.8 Å². The molecule has 0 atom stereocenters. The summed E-state index contributed by atoms with van der Waals surface area (Å²) in [5.74, 6) is 0. The standard InChI is InChI=1S/C28H30N2/c1-19-15-16-29(3)26(17-19)28-24-12-8-6-10-22(24)18-25(30(28)4)27-20(2)13-14-21-9-5-7-11-23(21)27/h5,7,9,11,13-18H,6,8,10,12H2,1-4H3/q+2. The molecule has 0 fully saturated rings. The lowest BCUT2D eigenvalue weighted by Gasteiger charge is -2.19. The van der Waals surface area contributed by atoms with Gasteiger partial charge >= 0.3 is 0 Å². The Balaban J connectivity index is 1.89. The molecular formula is C28H30N2+2. The number of rotatable bonds is 2. The fourth-order valence-electron chi connectivity index (χ4n) is 5.14. The van der Waals surface area contributed by atoms with Crippen molar-refractivity contribution in [1.82, 2.24) is 0 Å². The van der Waals surface area contributed by atoms with E-state index in [2.05, 4.69) is 97.9 Å². The third-order valence-corrected chi connectivity index (χ3v) is 6.75. The number of fused-ring (bicyclic) bond motifs is 2. The Hall–Kier alpha value is -3.00. The van der Waals surface area contributed by atoms with Gasteiger partial charge in [0.2, 0.25) is 5.69 Å². The zero-order chi connectivity index (χ0) is 20.8. The van der Waals surface area contributed by atoms with Gasteiger partial charge in [0.25, 0.3) is 11.4 Å². The Kier molecular flexibility index (Phi) is 4.66. The van der Waals surface area contributed by atoms with Gasteiger partial charge in [0.05, 0.1) is 5.56 Å². The molecule has 0 aliphatic heterocycles. The van der Waals surface area contributed by atoms with Crippen LogP contribution in [0.2, 0.25) is 0 Å². The van der Waals surface area contributed by atoms with E-state index < -0.39 is 0 Å². The van der Waals surface area contributed by atoms with Crippen LogP contribution in [0, 0.1) is 13.8 Å². The van der Waals surface area contributed by atoms with Crippen LogP contribution in [-0.4, -0.2) is 0 Å². The molecule has 2 nitrogen and oxygen atoms in total. The van der Waals surface area contributed by atoms with Crippen LogP contribution in [-0.2, 0) is 26.9 Å². The fourth-order valence-corrected chi connectivity index (χ4v) is 5.14. The monoisotopic (exact) mass is 394 g/mol. The minimum Gasteiger partial charge on any atom is -0.196 e. The van der Waals surface area contributed by atoms with Gasteiger partial charge in [-0.3, -0.25) is 0 Å². The average Bonchev–Trinajstić information content (AvgIpc) is 2.76. The summed E-state index contributed by atoms with van der Waals surface area (Å²) in [5, 5.41) is 2.64. The third kappa shape index (κ3) is 3.02. The molecular weight excluding hydrogens is 364 g/mol.